The Morgan fingerprint density at radius 1 is 1.29 bits per heavy atom. The van der Waals surface area contributed by atoms with E-state index in [1.807, 2.05) is 36.6 Å². The second kappa shape index (κ2) is 7.25. The molecule has 2 rings (SSSR count). The Morgan fingerprint density at radius 3 is 2.86 bits per heavy atom. The van der Waals surface area contributed by atoms with Gasteiger partial charge in [-0.1, -0.05) is 32.3 Å². The molecule has 0 saturated carbocycles. The molecule has 0 radical (unpaired) electrons. The quantitative estimate of drug-likeness (QED) is 0.795. The van der Waals surface area contributed by atoms with Gasteiger partial charge in [0.15, 0.2) is 0 Å². The molecule has 2 aromatic heterocycles. The number of hydrogen-bond donors (Lipinski definition) is 1. The molecule has 0 fully saturated rings. The van der Waals surface area contributed by atoms with Crippen molar-refractivity contribution in [3.05, 3.63) is 35.3 Å². The van der Waals surface area contributed by atoms with Gasteiger partial charge in [-0.05, 0) is 31.9 Å². The highest BCUT2D eigenvalue weighted by molar-refractivity contribution is 5.78. The summed E-state index contributed by atoms with van der Waals surface area (Å²) in [7, 11) is 0. The van der Waals surface area contributed by atoms with Crippen molar-refractivity contribution in [2.45, 2.75) is 52.9 Å². The second-order valence-corrected chi connectivity index (χ2v) is 5.62. The number of unbranched alkanes of at least 4 members (excludes halogenated alkanes) is 3. The van der Waals surface area contributed by atoms with Gasteiger partial charge in [-0.15, -0.1) is 0 Å². The number of amides is 1. The molecule has 0 atom stereocenters. The van der Waals surface area contributed by atoms with Gasteiger partial charge in [-0.3, -0.25) is 4.79 Å². The first-order valence-electron chi connectivity index (χ1n) is 7.83. The van der Waals surface area contributed by atoms with E-state index >= 15 is 0 Å². The van der Waals surface area contributed by atoms with Gasteiger partial charge in [-0.2, -0.15) is 0 Å². The molecule has 0 saturated heterocycles. The first kappa shape index (κ1) is 15.5. The minimum atomic E-state index is 0.0814. The Labute approximate surface area is 126 Å². The van der Waals surface area contributed by atoms with Crippen LogP contribution in [0.4, 0.5) is 0 Å². The molecule has 0 aromatic carbocycles. The Kier molecular flexibility index (Phi) is 5.37. The summed E-state index contributed by atoms with van der Waals surface area (Å²) >= 11 is 0. The molecular formula is C17H25N3O. The first-order chi connectivity index (χ1) is 10.1. The molecule has 114 valence electrons. The number of fused-ring (bicyclic) bond motifs is 1. The number of aryl methyl sites for hydroxylation is 2. The van der Waals surface area contributed by atoms with Gasteiger partial charge in [0.05, 0.1) is 17.8 Å². The van der Waals surface area contributed by atoms with E-state index in [0.717, 1.165) is 35.6 Å². The van der Waals surface area contributed by atoms with Gasteiger partial charge in [0, 0.05) is 12.7 Å². The number of nitrogens with zero attached hydrogens (tertiary/aromatic N) is 2. The van der Waals surface area contributed by atoms with Crippen molar-refractivity contribution in [3.63, 3.8) is 0 Å². The first-order valence-corrected chi connectivity index (χ1v) is 7.83. The average Bonchev–Trinajstić information content (AvgIpc) is 2.77. The monoisotopic (exact) mass is 287 g/mol. The van der Waals surface area contributed by atoms with E-state index in [9.17, 15) is 4.79 Å². The Bertz CT molecular complexity index is 616. The van der Waals surface area contributed by atoms with Crippen LogP contribution in [0.15, 0.2) is 18.3 Å². The third-order valence-electron chi connectivity index (χ3n) is 3.82. The van der Waals surface area contributed by atoms with Crippen molar-refractivity contribution in [2.75, 3.05) is 6.54 Å². The lowest BCUT2D eigenvalue weighted by Crippen LogP contribution is -2.26. The van der Waals surface area contributed by atoms with Crippen LogP contribution in [0.25, 0.3) is 5.65 Å². The van der Waals surface area contributed by atoms with Gasteiger partial charge >= 0.3 is 0 Å². The summed E-state index contributed by atoms with van der Waals surface area (Å²) in [4.78, 5) is 16.6. The van der Waals surface area contributed by atoms with E-state index in [0.29, 0.717) is 6.42 Å². The second-order valence-electron chi connectivity index (χ2n) is 5.62. The largest absolute Gasteiger partial charge is 0.356 e. The van der Waals surface area contributed by atoms with E-state index in [2.05, 4.69) is 17.2 Å². The van der Waals surface area contributed by atoms with Crippen molar-refractivity contribution in [3.8, 4) is 0 Å². The van der Waals surface area contributed by atoms with Gasteiger partial charge in [-0.25, -0.2) is 4.98 Å². The van der Waals surface area contributed by atoms with Crippen molar-refractivity contribution >= 4 is 11.6 Å². The molecule has 0 aliphatic heterocycles. The fraction of sp³-hybridized carbons (Fsp3) is 0.529. The van der Waals surface area contributed by atoms with E-state index < -0.39 is 0 Å². The molecule has 1 N–H and O–H groups in total. The highest BCUT2D eigenvalue weighted by atomic mass is 16.1. The lowest BCUT2D eigenvalue weighted by atomic mass is 10.2. The number of carbonyl (C=O) groups excluding carboxylic acids is 1. The number of imidazole rings is 1. The maximum absolute atomic E-state index is 12.1. The van der Waals surface area contributed by atoms with Crippen LogP contribution in [0.3, 0.4) is 0 Å². The summed E-state index contributed by atoms with van der Waals surface area (Å²) < 4.78 is 2.03. The van der Waals surface area contributed by atoms with Crippen LogP contribution < -0.4 is 5.32 Å². The molecule has 0 aliphatic rings. The number of rotatable bonds is 7. The maximum atomic E-state index is 12.1. The number of hydrogen-bond acceptors (Lipinski definition) is 2. The summed E-state index contributed by atoms with van der Waals surface area (Å²) in [6.07, 6.45) is 7.07. The van der Waals surface area contributed by atoms with Crippen LogP contribution >= 0.6 is 0 Å². The van der Waals surface area contributed by atoms with Crippen molar-refractivity contribution in [1.29, 1.82) is 0 Å². The fourth-order valence-corrected chi connectivity index (χ4v) is 2.57. The molecular weight excluding hydrogens is 262 g/mol. The van der Waals surface area contributed by atoms with Gasteiger partial charge < -0.3 is 9.72 Å². The zero-order valence-electron chi connectivity index (χ0n) is 13.3. The summed E-state index contributed by atoms with van der Waals surface area (Å²) in [6, 6.07) is 4.04. The molecule has 2 aromatic rings. The van der Waals surface area contributed by atoms with E-state index in [-0.39, 0.29) is 5.91 Å². The average molecular weight is 287 g/mol. The number of carbonyl (C=O) groups is 1. The molecule has 4 nitrogen and oxygen atoms in total. The molecule has 2 heterocycles. The SMILES string of the molecule is CCCCCCNC(=O)Cc1c(C)nc2c(C)cccn12. The van der Waals surface area contributed by atoms with E-state index in [1.165, 1.54) is 19.3 Å². The molecule has 1 amide bonds. The van der Waals surface area contributed by atoms with Gasteiger partial charge in [0.25, 0.3) is 0 Å². The summed E-state index contributed by atoms with van der Waals surface area (Å²) in [5.74, 6) is 0.0814. The summed E-state index contributed by atoms with van der Waals surface area (Å²) in [5, 5.41) is 3.01. The van der Waals surface area contributed by atoms with Crippen molar-refractivity contribution < 1.29 is 4.79 Å². The van der Waals surface area contributed by atoms with Crippen LogP contribution in [-0.2, 0) is 11.2 Å². The maximum Gasteiger partial charge on any atom is 0.226 e. The normalized spacial score (nSPS) is 11.0. The zero-order valence-corrected chi connectivity index (χ0v) is 13.3. The smallest absolute Gasteiger partial charge is 0.226 e. The molecule has 0 aliphatic carbocycles. The molecule has 0 spiro atoms. The highest BCUT2D eigenvalue weighted by Crippen LogP contribution is 2.15. The fourth-order valence-electron chi connectivity index (χ4n) is 2.57. The van der Waals surface area contributed by atoms with Gasteiger partial charge in [0.2, 0.25) is 5.91 Å². The topological polar surface area (TPSA) is 46.4 Å². The minimum Gasteiger partial charge on any atom is -0.356 e. The Morgan fingerprint density at radius 2 is 2.10 bits per heavy atom. The van der Waals surface area contributed by atoms with Crippen LogP contribution in [0.2, 0.25) is 0 Å². The Balaban J connectivity index is 1.98. The van der Waals surface area contributed by atoms with Crippen LogP contribution in [0.5, 0.6) is 0 Å². The zero-order chi connectivity index (χ0) is 15.2. The number of aromatic nitrogens is 2. The summed E-state index contributed by atoms with van der Waals surface area (Å²) in [5.41, 5.74) is 4.00. The van der Waals surface area contributed by atoms with E-state index in [1.54, 1.807) is 0 Å². The lowest BCUT2D eigenvalue weighted by molar-refractivity contribution is -0.120. The van der Waals surface area contributed by atoms with Crippen molar-refractivity contribution in [2.24, 2.45) is 0 Å². The predicted octanol–water partition coefficient (Wildman–Crippen LogP) is 3.19. The molecule has 0 bridgehead atoms. The molecule has 21 heavy (non-hydrogen) atoms. The van der Waals surface area contributed by atoms with E-state index in [4.69, 9.17) is 0 Å². The summed E-state index contributed by atoms with van der Waals surface area (Å²) in [6.45, 7) is 6.97. The lowest BCUT2D eigenvalue weighted by Gasteiger charge is -2.06. The third kappa shape index (κ3) is 3.84. The number of pyridine rings is 1. The predicted molar refractivity (Wildman–Crippen MR) is 85.5 cm³/mol. The minimum absolute atomic E-state index is 0.0814. The third-order valence-corrected chi connectivity index (χ3v) is 3.82. The highest BCUT2D eigenvalue weighted by Gasteiger charge is 2.13. The number of nitrogens with one attached hydrogen (secondary N) is 1. The molecule has 0 unspecified atom stereocenters. The van der Waals surface area contributed by atoms with Crippen molar-refractivity contribution in [1.82, 2.24) is 14.7 Å². The van der Waals surface area contributed by atoms with Crippen LogP contribution in [-0.4, -0.2) is 21.8 Å². The molecule has 4 heteroatoms. The van der Waals surface area contributed by atoms with Gasteiger partial charge in [0.1, 0.15) is 5.65 Å². The standard InChI is InChI=1S/C17H25N3O/c1-4-5-6-7-10-18-16(21)12-15-14(3)19-17-13(2)9-8-11-20(15)17/h8-9,11H,4-7,10,12H2,1-3H3,(H,18,21). The Hall–Kier alpha value is -1.84. The van der Waals surface area contributed by atoms with Crippen LogP contribution in [0, 0.1) is 13.8 Å². The van der Waals surface area contributed by atoms with Crippen LogP contribution in [0.1, 0.15) is 49.6 Å².